The number of urea groups is 1. The minimum atomic E-state index is -0.605. The van der Waals surface area contributed by atoms with E-state index in [1.165, 1.54) is 26.6 Å². The second-order valence-corrected chi connectivity index (χ2v) is 7.97. The van der Waals surface area contributed by atoms with E-state index in [0.29, 0.717) is 17.3 Å². The van der Waals surface area contributed by atoms with Crippen molar-refractivity contribution in [2.45, 2.75) is 6.54 Å². The third-order valence-electron chi connectivity index (χ3n) is 4.42. The van der Waals surface area contributed by atoms with E-state index >= 15 is 0 Å². The van der Waals surface area contributed by atoms with Crippen LogP contribution in [-0.4, -0.2) is 49.2 Å². The topological polar surface area (TPSA) is 101 Å². The average molecular weight is 491 g/mol. The maximum Gasteiger partial charge on any atom is 0.324 e. The van der Waals surface area contributed by atoms with Crippen molar-refractivity contribution in [3.8, 4) is 11.5 Å². The summed E-state index contributed by atoms with van der Waals surface area (Å²) in [7, 11) is 6.92. The molecule has 0 aliphatic rings. The first kappa shape index (κ1) is 24.4. The van der Waals surface area contributed by atoms with Gasteiger partial charge in [0, 0.05) is 24.4 Å². The van der Waals surface area contributed by atoms with Crippen LogP contribution in [0.1, 0.15) is 5.56 Å². The lowest BCUT2D eigenvalue weighted by Gasteiger charge is -2.15. The Kier molecular flexibility index (Phi) is 8.16. The number of halogens is 2. The van der Waals surface area contributed by atoms with Crippen LogP contribution in [0, 0.1) is 0 Å². The van der Waals surface area contributed by atoms with Gasteiger partial charge < -0.3 is 25.0 Å². The Morgan fingerprint density at radius 2 is 1.64 bits per heavy atom. The van der Waals surface area contributed by atoms with E-state index in [1.54, 1.807) is 6.07 Å². The predicted octanol–water partition coefficient (Wildman–Crippen LogP) is 5.25. The maximum atomic E-state index is 12.6. The van der Waals surface area contributed by atoms with Gasteiger partial charge in [-0.15, -0.1) is 0 Å². The van der Waals surface area contributed by atoms with Gasteiger partial charge in [-0.25, -0.2) is 14.8 Å². The van der Waals surface area contributed by atoms with E-state index in [2.05, 4.69) is 30.8 Å². The fourth-order valence-corrected chi connectivity index (χ4v) is 3.61. The fourth-order valence-electron chi connectivity index (χ4n) is 3.01. The van der Waals surface area contributed by atoms with Crippen molar-refractivity contribution in [3.63, 3.8) is 0 Å². The Balaban J connectivity index is 1.73. The highest BCUT2D eigenvalue weighted by Crippen LogP contribution is 2.44. The van der Waals surface area contributed by atoms with E-state index in [0.717, 1.165) is 17.8 Å². The number of nitrogens with zero attached hydrogens (tertiary/aromatic N) is 3. The minimum Gasteiger partial charge on any atom is -0.495 e. The molecule has 9 nitrogen and oxygen atoms in total. The highest BCUT2D eigenvalue weighted by atomic mass is 35.5. The van der Waals surface area contributed by atoms with Gasteiger partial charge in [0.15, 0.2) is 0 Å². The molecule has 0 radical (unpaired) electrons. The molecule has 0 aliphatic heterocycles. The Morgan fingerprint density at radius 1 is 0.970 bits per heavy atom. The van der Waals surface area contributed by atoms with Gasteiger partial charge in [0.05, 0.1) is 19.9 Å². The number of hydrogen-bond donors (Lipinski definition) is 3. The Hall–Kier alpha value is -3.27. The summed E-state index contributed by atoms with van der Waals surface area (Å²) in [4.78, 5) is 23.0. The zero-order chi connectivity index (χ0) is 24.0. The summed E-state index contributed by atoms with van der Waals surface area (Å²) < 4.78 is 10.4. The van der Waals surface area contributed by atoms with E-state index in [4.69, 9.17) is 32.7 Å². The molecule has 0 bridgehead atoms. The smallest absolute Gasteiger partial charge is 0.324 e. The predicted molar refractivity (Wildman–Crippen MR) is 131 cm³/mol. The molecule has 0 saturated carbocycles. The highest BCUT2D eigenvalue weighted by molar-refractivity contribution is 6.41. The number of amides is 2. The number of anilines is 4. The number of benzene rings is 2. The number of methoxy groups -OCH3 is 2. The molecule has 1 heterocycles. The van der Waals surface area contributed by atoms with Crippen LogP contribution in [0.2, 0.25) is 10.0 Å². The molecular weight excluding hydrogens is 467 g/mol. The standard InChI is InChI=1S/C22H24Cl2N6O3/c1-30(2)11-13-6-5-7-14(8-13)27-17-10-18(26-12-25-17)28-22(31)29-21-19(23)15(32-3)9-16(33-4)20(21)24/h5-10,12H,11H2,1-4H3,(H3,25,26,27,28,29,31). The summed E-state index contributed by atoms with van der Waals surface area (Å²) in [6.45, 7) is 0.812. The summed E-state index contributed by atoms with van der Waals surface area (Å²) in [5.41, 5.74) is 2.17. The summed E-state index contributed by atoms with van der Waals surface area (Å²) in [5.74, 6) is 1.40. The molecule has 0 fully saturated rings. The summed E-state index contributed by atoms with van der Waals surface area (Å²) in [5, 5.41) is 8.74. The third-order valence-corrected chi connectivity index (χ3v) is 5.17. The highest BCUT2D eigenvalue weighted by Gasteiger charge is 2.19. The van der Waals surface area contributed by atoms with Crippen LogP contribution in [0.25, 0.3) is 0 Å². The molecule has 3 aromatic rings. The summed E-state index contributed by atoms with van der Waals surface area (Å²) in [6, 6.07) is 10.5. The number of hydrogen-bond acceptors (Lipinski definition) is 7. The number of ether oxygens (including phenoxy) is 2. The van der Waals surface area contributed by atoms with Crippen LogP contribution in [-0.2, 0) is 6.54 Å². The lowest BCUT2D eigenvalue weighted by molar-refractivity contribution is 0.262. The Labute approximate surface area is 202 Å². The first-order valence-electron chi connectivity index (χ1n) is 9.81. The molecule has 174 valence electrons. The van der Waals surface area contributed by atoms with Crippen molar-refractivity contribution in [2.24, 2.45) is 0 Å². The van der Waals surface area contributed by atoms with Crippen molar-refractivity contribution in [3.05, 3.63) is 58.3 Å². The molecule has 0 spiro atoms. The van der Waals surface area contributed by atoms with Crippen molar-refractivity contribution < 1.29 is 14.3 Å². The fraction of sp³-hybridized carbons (Fsp3) is 0.227. The average Bonchev–Trinajstić information content (AvgIpc) is 2.77. The van der Waals surface area contributed by atoms with Crippen LogP contribution >= 0.6 is 23.2 Å². The lowest BCUT2D eigenvalue weighted by Crippen LogP contribution is -2.21. The first-order valence-corrected chi connectivity index (χ1v) is 10.6. The van der Waals surface area contributed by atoms with Gasteiger partial charge in [0.25, 0.3) is 0 Å². The quantitative estimate of drug-likeness (QED) is 0.396. The molecule has 11 heteroatoms. The zero-order valence-electron chi connectivity index (χ0n) is 18.6. The molecule has 2 aromatic carbocycles. The van der Waals surface area contributed by atoms with Gasteiger partial charge in [0.1, 0.15) is 39.5 Å². The van der Waals surface area contributed by atoms with Gasteiger partial charge in [-0.05, 0) is 31.8 Å². The Morgan fingerprint density at radius 3 is 2.27 bits per heavy atom. The van der Waals surface area contributed by atoms with Gasteiger partial charge >= 0.3 is 6.03 Å². The number of rotatable bonds is 8. The first-order chi connectivity index (χ1) is 15.8. The largest absolute Gasteiger partial charge is 0.495 e. The van der Waals surface area contributed by atoms with Gasteiger partial charge in [-0.1, -0.05) is 35.3 Å². The maximum absolute atomic E-state index is 12.6. The molecule has 3 N–H and O–H groups in total. The van der Waals surface area contributed by atoms with Crippen molar-refractivity contribution >= 4 is 52.2 Å². The van der Waals surface area contributed by atoms with E-state index in [9.17, 15) is 4.79 Å². The molecular formula is C22H24Cl2N6O3. The molecule has 2 amide bonds. The SMILES string of the molecule is COc1cc(OC)c(Cl)c(NC(=O)Nc2cc(Nc3cccc(CN(C)C)c3)ncn2)c1Cl. The molecule has 0 unspecified atom stereocenters. The van der Waals surface area contributed by atoms with E-state index in [1.807, 2.05) is 38.4 Å². The van der Waals surface area contributed by atoms with Crippen LogP contribution in [0.15, 0.2) is 42.7 Å². The summed E-state index contributed by atoms with van der Waals surface area (Å²) >= 11 is 12.6. The number of carbonyl (C=O) groups is 1. The molecule has 3 rings (SSSR count). The van der Waals surface area contributed by atoms with Crippen LogP contribution in [0.4, 0.5) is 27.8 Å². The van der Waals surface area contributed by atoms with Gasteiger partial charge in [-0.3, -0.25) is 5.32 Å². The normalized spacial score (nSPS) is 10.6. The molecule has 0 saturated heterocycles. The molecule has 33 heavy (non-hydrogen) atoms. The minimum absolute atomic E-state index is 0.140. The van der Waals surface area contributed by atoms with E-state index in [-0.39, 0.29) is 21.6 Å². The zero-order valence-corrected chi connectivity index (χ0v) is 20.1. The number of aromatic nitrogens is 2. The molecule has 0 aliphatic carbocycles. The van der Waals surface area contributed by atoms with Crippen LogP contribution < -0.4 is 25.4 Å². The van der Waals surface area contributed by atoms with Gasteiger partial charge in [-0.2, -0.15) is 0 Å². The van der Waals surface area contributed by atoms with Crippen molar-refractivity contribution in [2.75, 3.05) is 44.3 Å². The lowest BCUT2D eigenvalue weighted by atomic mass is 10.2. The summed E-state index contributed by atoms with van der Waals surface area (Å²) in [6.07, 6.45) is 1.34. The number of carbonyl (C=O) groups excluding carboxylic acids is 1. The van der Waals surface area contributed by atoms with Crippen molar-refractivity contribution in [1.29, 1.82) is 0 Å². The van der Waals surface area contributed by atoms with Gasteiger partial charge in [0.2, 0.25) is 0 Å². The van der Waals surface area contributed by atoms with Crippen LogP contribution in [0.3, 0.4) is 0 Å². The third kappa shape index (κ3) is 6.38. The monoisotopic (exact) mass is 490 g/mol. The van der Waals surface area contributed by atoms with Crippen molar-refractivity contribution in [1.82, 2.24) is 14.9 Å². The second kappa shape index (κ2) is 11.0. The second-order valence-electron chi connectivity index (χ2n) is 7.21. The molecule has 0 atom stereocenters. The van der Waals surface area contributed by atoms with E-state index < -0.39 is 6.03 Å². The molecule has 1 aromatic heterocycles. The Bertz CT molecular complexity index is 1110. The van der Waals surface area contributed by atoms with Crippen LogP contribution in [0.5, 0.6) is 11.5 Å². The number of nitrogens with one attached hydrogen (secondary N) is 3.